The largest absolute Gasteiger partial charge is 0.506 e. The van der Waals surface area contributed by atoms with Crippen molar-refractivity contribution in [2.24, 2.45) is 0 Å². The molecule has 2 heterocycles. The van der Waals surface area contributed by atoms with E-state index in [9.17, 15) is 9.90 Å². The summed E-state index contributed by atoms with van der Waals surface area (Å²) in [6, 6.07) is 18.9. The van der Waals surface area contributed by atoms with Gasteiger partial charge in [0.2, 0.25) is 5.91 Å². The van der Waals surface area contributed by atoms with E-state index in [-0.39, 0.29) is 11.7 Å². The first-order chi connectivity index (χ1) is 14.1. The number of thiophene rings is 1. The van der Waals surface area contributed by atoms with E-state index in [1.807, 2.05) is 67.0 Å². The number of nitrogens with one attached hydrogen (secondary N) is 1. The molecule has 144 valence electrons. The number of rotatable bonds is 5. The molecule has 0 unspecified atom stereocenters. The molecule has 0 saturated heterocycles. The Morgan fingerprint density at radius 1 is 1.14 bits per heavy atom. The summed E-state index contributed by atoms with van der Waals surface area (Å²) in [4.78, 5) is 13.4. The Morgan fingerprint density at radius 2 is 1.97 bits per heavy atom. The number of nitrogens with zero attached hydrogens (tertiary/aromatic N) is 2. The number of phenols is 1. The van der Waals surface area contributed by atoms with Crippen molar-refractivity contribution >= 4 is 29.0 Å². The molecular weight excluding hydrogens is 382 g/mol. The lowest BCUT2D eigenvalue weighted by Gasteiger charge is -2.05. The Morgan fingerprint density at radius 3 is 2.69 bits per heavy atom. The lowest BCUT2D eigenvalue weighted by atomic mass is 10.2. The summed E-state index contributed by atoms with van der Waals surface area (Å²) in [7, 11) is 0. The number of carbonyl (C=O) groups excluding carboxylic acids is 1. The molecule has 2 aromatic carbocycles. The average Bonchev–Trinajstić information content (AvgIpc) is 3.39. The first-order valence-electron chi connectivity index (χ1n) is 9.08. The number of benzene rings is 2. The fraction of sp³-hybridized carbons (Fsp3) is 0.0435. The van der Waals surface area contributed by atoms with E-state index in [0.717, 1.165) is 27.4 Å². The molecular formula is C23H19N3O2S. The molecule has 1 amide bonds. The fourth-order valence-corrected chi connectivity index (χ4v) is 3.65. The predicted octanol–water partition coefficient (Wildman–Crippen LogP) is 5.27. The van der Waals surface area contributed by atoms with Gasteiger partial charge in [-0.1, -0.05) is 30.3 Å². The maximum absolute atomic E-state index is 12.4. The molecule has 2 N–H and O–H groups in total. The van der Waals surface area contributed by atoms with E-state index in [2.05, 4.69) is 5.32 Å². The lowest BCUT2D eigenvalue weighted by molar-refractivity contribution is -0.111. The second-order valence-electron chi connectivity index (χ2n) is 6.53. The van der Waals surface area contributed by atoms with Crippen LogP contribution in [-0.4, -0.2) is 20.8 Å². The highest BCUT2D eigenvalue weighted by Crippen LogP contribution is 2.29. The molecule has 0 atom stereocenters. The third-order valence-electron chi connectivity index (χ3n) is 4.34. The first-order valence-corrected chi connectivity index (χ1v) is 9.96. The van der Waals surface area contributed by atoms with Crippen LogP contribution in [0, 0.1) is 6.92 Å². The third-order valence-corrected chi connectivity index (χ3v) is 5.22. The van der Waals surface area contributed by atoms with Crippen molar-refractivity contribution in [3.8, 4) is 22.0 Å². The minimum absolute atomic E-state index is 0.0444. The van der Waals surface area contributed by atoms with Gasteiger partial charge in [-0.2, -0.15) is 5.10 Å². The van der Waals surface area contributed by atoms with Crippen LogP contribution in [0.25, 0.3) is 22.3 Å². The number of carbonyl (C=O) groups is 1. The summed E-state index contributed by atoms with van der Waals surface area (Å²) in [6.45, 7) is 1.88. The van der Waals surface area contributed by atoms with Gasteiger partial charge in [0.05, 0.1) is 16.3 Å². The summed E-state index contributed by atoms with van der Waals surface area (Å²) in [5.41, 5.74) is 3.89. The number of aromatic nitrogens is 2. The number of hydrogen-bond acceptors (Lipinski definition) is 4. The Bertz CT molecular complexity index is 1160. The van der Waals surface area contributed by atoms with Crippen LogP contribution in [0.3, 0.4) is 0 Å². The van der Waals surface area contributed by atoms with Gasteiger partial charge in [-0.25, -0.2) is 4.68 Å². The molecule has 0 fully saturated rings. The molecule has 4 rings (SSSR count). The Labute approximate surface area is 172 Å². The molecule has 0 radical (unpaired) electrons. The smallest absolute Gasteiger partial charge is 0.248 e. The first kappa shape index (κ1) is 18.7. The van der Waals surface area contributed by atoms with Crippen molar-refractivity contribution in [3.63, 3.8) is 0 Å². The maximum Gasteiger partial charge on any atom is 0.248 e. The molecule has 29 heavy (non-hydrogen) atoms. The number of phenolic OH excluding ortho intramolecular Hbond substituents is 1. The predicted molar refractivity (Wildman–Crippen MR) is 117 cm³/mol. The van der Waals surface area contributed by atoms with Gasteiger partial charge in [0.1, 0.15) is 11.4 Å². The van der Waals surface area contributed by atoms with E-state index >= 15 is 0 Å². The normalized spacial score (nSPS) is 11.1. The van der Waals surface area contributed by atoms with Crippen molar-refractivity contribution in [2.45, 2.75) is 6.92 Å². The van der Waals surface area contributed by atoms with Gasteiger partial charge in [-0.15, -0.1) is 11.3 Å². The van der Waals surface area contributed by atoms with Gasteiger partial charge in [0, 0.05) is 17.8 Å². The van der Waals surface area contributed by atoms with Gasteiger partial charge in [0.25, 0.3) is 0 Å². The molecule has 0 aliphatic rings. The quantitative estimate of drug-likeness (QED) is 0.354. The van der Waals surface area contributed by atoms with Crippen molar-refractivity contribution in [1.29, 1.82) is 0 Å². The van der Waals surface area contributed by atoms with Crippen LogP contribution in [0.5, 0.6) is 5.75 Å². The zero-order chi connectivity index (χ0) is 20.2. The highest BCUT2D eigenvalue weighted by molar-refractivity contribution is 7.13. The van der Waals surface area contributed by atoms with Crippen molar-refractivity contribution in [3.05, 3.63) is 89.4 Å². The monoisotopic (exact) mass is 401 g/mol. The van der Waals surface area contributed by atoms with Crippen LogP contribution in [0.1, 0.15) is 11.1 Å². The van der Waals surface area contributed by atoms with Gasteiger partial charge in [-0.3, -0.25) is 4.79 Å². The zero-order valence-electron chi connectivity index (χ0n) is 15.7. The van der Waals surface area contributed by atoms with Crippen LogP contribution < -0.4 is 5.32 Å². The van der Waals surface area contributed by atoms with Gasteiger partial charge >= 0.3 is 0 Å². The fourth-order valence-electron chi connectivity index (χ4n) is 2.91. The molecule has 0 spiro atoms. The van der Waals surface area contributed by atoms with Crippen LogP contribution >= 0.6 is 11.3 Å². The summed E-state index contributed by atoms with van der Waals surface area (Å²) >= 11 is 1.60. The molecule has 0 bridgehead atoms. The Balaban J connectivity index is 1.61. The van der Waals surface area contributed by atoms with E-state index < -0.39 is 0 Å². The minimum atomic E-state index is -0.325. The summed E-state index contributed by atoms with van der Waals surface area (Å²) in [5.74, 6) is -0.281. The van der Waals surface area contributed by atoms with Gasteiger partial charge < -0.3 is 10.4 Å². The molecule has 5 nitrogen and oxygen atoms in total. The molecule has 6 heteroatoms. The molecule has 4 aromatic rings. The average molecular weight is 401 g/mol. The van der Waals surface area contributed by atoms with Gasteiger partial charge in [-0.05, 0) is 54.3 Å². The number of anilines is 1. The number of amides is 1. The van der Waals surface area contributed by atoms with Crippen molar-refractivity contribution < 1.29 is 9.90 Å². The maximum atomic E-state index is 12.4. The molecule has 0 aliphatic heterocycles. The molecule has 0 aliphatic carbocycles. The molecule has 2 aromatic heterocycles. The highest BCUT2D eigenvalue weighted by Gasteiger charge is 2.12. The van der Waals surface area contributed by atoms with E-state index in [1.54, 1.807) is 34.2 Å². The number of hydrogen-bond donors (Lipinski definition) is 2. The lowest BCUT2D eigenvalue weighted by Crippen LogP contribution is -2.07. The second kappa shape index (κ2) is 8.16. The number of aryl methyl sites for hydroxylation is 1. The standard InChI is InChI=1S/C23H19N3O2S/c1-16-9-11-19(20(27)14-16)24-22(28)12-10-17-15-26(18-6-3-2-4-7-18)25-23(17)21-8-5-13-29-21/h2-15,27H,1H3,(H,24,28). The van der Waals surface area contributed by atoms with Crippen LogP contribution in [-0.2, 0) is 4.79 Å². The Kier molecular flexibility index (Phi) is 5.27. The second-order valence-corrected chi connectivity index (χ2v) is 7.48. The van der Waals surface area contributed by atoms with Crippen LogP contribution in [0.15, 0.2) is 78.3 Å². The minimum Gasteiger partial charge on any atom is -0.506 e. The van der Waals surface area contributed by atoms with Crippen molar-refractivity contribution in [2.75, 3.05) is 5.32 Å². The zero-order valence-corrected chi connectivity index (χ0v) is 16.6. The Hall–Kier alpha value is -3.64. The van der Waals surface area contributed by atoms with Crippen LogP contribution in [0.2, 0.25) is 0 Å². The van der Waals surface area contributed by atoms with Crippen LogP contribution in [0.4, 0.5) is 5.69 Å². The number of para-hydroxylation sites is 1. The van der Waals surface area contributed by atoms with E-state index in [1.165, 1.54) is 6.08 Å². The third kappa shape index (κ3) is 4.28. The summed E-state index contributed by atoms with van der Waals surface area (Å²) in [5, 5.41) is 19.4. The van der Waals surface area contributed by atoms with E-state index in [4.69, 9.17) is 5.10 Å². The number of aromatic hydroxyl groups is 1. The summed E-state index contributed by atoms with van der Waals surface area (Å²) in [6.07, 6.45) is 5.09. The SMILES string of the molecule is Cc1ccc(NC(=O)C=Cc2cn(-c3ccccc3)nc2-c2cccs2)c(O)c1. The van der Waals surface area contributed by atoms with E-state index in [0.29, 0.717) is 5.69 Å². The molecule has 0 saturated carbocycles. The summed E-state index contributed by atoms with van der Waals surface area (Å²) < 4.78 is 1.80. The topological polar surface area (TPSA) is 67.2 Å². The van der Waals surface area contributed by atoms with Gasteiger partial charge in [0.15, 0.2) is 0 Å². The van der Waals surface area contributed by atoms with Crippen molar-refractivity contribution in [1.82, 2.24) is 9.78 Å². The highest BCUT2D eigenvalue weighted by atomic mass is 32.1.